The number of aryl methyl sites for hydroxylation is 2. The Bertz CT molecular complexity index is 941. The number of amides is 1. The van der Waals surface area contributed by atoms with Crippen LogP contribution in [0.15, 0.2) is 52.4 Å². The van der Waals surface area contributed by atoms with E-state index in [4.69, 9.17) is 0 Å². The monoisotopic (exact) mass is 391 g/mol. The largest absolute Gasteiger partial charge is 0.372 e. The molecule has 0 aliphatic carbocycles. The van der Waals surface area contributed by atoms with Gasteiger partial charge in [-0.15, -0.1) is 0 Å². The molecule has 0 radical (unpaired) electrons. The minimum absolute atomic E-state index is 0.0901. The van der Waals surface area contributed by atoms with E-state index in [1.165, 1.54) is 47.8 Å². The number of piperidine rings is 1. The van der Waals surface area contributed by atoms with Gasteiger partial charge in [-0.2, -0.15) is 0 Å². The van der Waals surface area contributed by atoms with E-state index in [2.05, 4.69) is 59.4 Å². The zero-order valence-electron chi connectivity index (χ0n) is 16.4. The normalized spacial score (nSPS) is 20.1. The molecule has 0 atom stereocenters. The van der Waals surface area contributed by atoms with Gasteiger partial charge in [0.15, 0.2) is 5.17 Å². The Morgan fingerprint density at radius 2 is 1.75 bits per heavy atom. The number of benzene rings is 2. The van der Waals surface area contributed by atoms with Crippen LogP contribution in [-0.2, 0) is 4.79 Å². The van der Waals surface area contributed by atoms with Gasteiger partial charge >= 0.3 is 0 Å². The molecule has 2 aromatic rings. The number of aliphatic imine (C=N–C) groups is 1. The molecule has 0 aromatic heterocycles. The standard InChI is InChI=1S/C23H25N3OS/c1-16-6-9-19(14-17(16)2)24-23-25-22(27)21(28-23)15-18-7-10-20(11-8-18)26-12-4-3-5-13-26/h6-11,14-15H,3-5,12-13H2,1-2H3,(H,24,25,27)/b21-15-. The maximum absolute atomic E-state index is 12.3. The first-order valence-corrected chi connectivity index (χ1v) is 10.6. The van der Waals surface area contributed by atoms with E-state index < -0.39 is 0 Å². The summed E-state index contributed by atoms with van der Waals surface area (Å²) in [6.07, 6.45) is 5.80. The molecule has 0 saturated carbocycles. The first-order chi connectivity index (χ1) is 13.6. The average Bonchev–Trinajstić information content (AvgIpc) is 3.05. The minimum atomic E-state index is -0.0901. The van der Waals surface area contributed by atoms with Crippen molar-refractivity contribution >= 4 is 40.3 Å². The predicted molar refractivity (Wildman–Crippen MR) is 119 cm³/mol. The summed E-state index contributed by atoms with van der Waals surface area (Å²) in [4.78, 5) is 20.0. The van der Waals surface area contributed by atoms with Gasteiger partial charge in [-0.1, -0.05) is 18.2 Å². The summed E-state index contributed by atoms with van der Waals surface area (Å²) >= 11 is 1.39. The van der Waals surface area contributed by atoms with Crippen LogP contribution in [0.3, 0.4) is 0 Å². The predicted octanol–water partition coefficient (Wildman–Crippen LogP) is 5.19. The summed E-state index contributed by atoms with van der Waals surface area (Å²) in [6, 6.07) is 14.5. The van der Waals surface area contributed by atoms with Gasteiger partial charge in [-0.3, -0.25) is 4.79 Å². The van der Waals surface area contributed by atoms with E-state index in [-0.39, 0.29) is 5.91 Å². The van der Waals surface area contributed by atoms with E-state index in [0.717, 1.165) is 24.3 Å². The van der Waals surface area contributed by atoms with Gasteiger partial charge in [0.2, 0.25) is 0 Å². The molecule has 1 amide bonds. The highest BCUT2D eigenvalue weighted by molar-refractivity contribution is 8.18. The van der Waals surface area contributed by atoms with Crippen molar-refractivity contribution in [2.24, 2.45) is 4.99 Å². The molecule has 144 valence electrons. The summed E-state index contributed by atoms with van der Waals surface area (Å²) < 4.78 is 0. The van der Waals surface area contributed by atoms with Gasteiger partial charge in [0.1, 0.15) is 0 Å². The Balaban J connectivity index is 1.48. The molecule has 28 heavy (non-hydrogen) atoms. The molecule has 2 saturated heterocycles. The molecule has 0 unspecified atom stereocenters. The molecule has 0 bridgehead atoms. The average molecular weight is 392 g/mol. The fourth-order valence-corrected chi connectivity index (χ4v) is 4.32. The van der Waals surface area contributed by atoms with Crippen molar-refractivity contribution in [3.63, 3.8) is 0 Å². The van der Waals surface area contributed by atoms with Gasteiger partial charge in [0.05, 0.1) is 10.6 Å². The summed E-state index contributed by atoms with van der Waals surface area (Å²) in [5.41, 5.74) is 5.59. The molecular weight excluding hydrogens is 366 g/mol. The SMILES string of the molecule is Cc1ccc(N=C2NC(=O)/C(=C/c3ccc(N4CCCCC4)cc3)S2)cc1C. The van der Waals surface area contributed by atoms with Crippen molar-refractivity contribution in [2.45, 2.75) is 33.1 Å². The number of carbonyl (C=O) groups is 1. The number of nitrogens with zero attached hydrogens (tertiary/aromatic N) is 2. The fraction of sp³-hybridized carbons (Fsp3) is 0.304. The first-order valence-electron chi connectivity index (χ1n) is 9.80. The van der Waals surface area contributed by atoms with Crippen molar-refractivity contribution < 1.29 is 4.79 Å². The number of carbonyl (C=O) groups excluding carboxylic acids is 1. The molecule has 2 aliphatic rings. The van der Waals surface area contributed by atoms with E-state index in [0.29, 0.717) is 10.1 Å². The highest BCUT2D eigenvalue weighted by atomic mass is 32.2. The van der Waals surface area contributed by atoms with Crippen LogP contribution in [0.4, 0.5) is 11.4 Å². The van der Waals surface area contributed by atoms with Crippen molar-refractivity contribution in [2.75, 3.05) is 18.0 Å². The zero-order valence-corrected chi connectivity index (χ0v) is 17.2. The summed E-state index contributed by atoms with van der Waals surface area (Å²) in [5, 5.41) is 3.50. The molecular formula is C23H25N3OS. The summed E-state index contributed by atoms with van der Waals surface area (Å²) in [6.45, 7) is 6.42. The maximum Gasteiger partial charge on any atom is 0.264 e. The summed E-state index contributed by atoms with van der Waals surface area (Å²) in [7, 11) is 0. The highest BCUT2D eigenvalue weighted by Crippen LogP contribution is 2.29. The van der Waals surface area contributed by atoms with Crippen molar-refractivity contribution in [3.05, 3.63) is 64.1 Å². The molecule has 4 rings (SSSR count). The van der Waals surface area contributed by atoms with Gasteiger partial charge in [0, 0.05) is 18.8 Å². The summed E-state index contributed by atoms with van der Waals surface area (Å²) in [5.74, 6) is -0.0901. The Kier molecular flexibility index (Phi) is 5.53. The fourth-order valence-electron chi connectivity index (χ4n) is 3.48. The lowest BCUT2D eigenvalue weighted by molar-refractivity contribution is -0.115. The molecule has 1 N–H and O–H groups in total. The minimum Gasteiger partial charge on any atom is -0.372 e. The van der Waals surface area contributed by atoms with Crippen LogP contribution < -0.4 is 10.2 Å². The third kappa shape index (κ3) is 4.30. The zero-order chi connectivity index (χ0) is 19.5. The van der Waals surface area contributed by atoms with E-state index in [1.54, 1.807) is 0 Å². The van der Waals surface area contributed by atoms with Crippen LogP contribution >= 0.6 is 11.8 Å². The van der Waals surface area contributed by atoms with Crippen LogP contribution in [0.25, 0.3) is 6.08 Å². The Hall–Kier alpha value is -2.53. The Morgan fingerprint density at radius 3 is 2.46 bits per heavy atom. The second kappa shape index (κ2) is 8.23. The topological polar surface area (TPSA) is 44.7 Å². The smallest absolute Gasteiger partial charge is 0.264 e. The Labute approximate surface area is 170 Å². The number of amidine groups is 1. The Morgan fingerprint density at radius 1 is 1.00 bits per heavy atom. The first kappa shape index (κ1) is 18.8. The molecule has 2 aliphatic heterocycles. The van der Waals surface area contributed by atoms with Crippen molar-refractivity contribution in [1.29, 1.82) is 0 Å². The molecule has 4 nitrogen and oxygen atoms in total. The quantitative estimate of drug-likeness (QED) is 0.733. The van der Waals surface area contributed by atoms with Gasteiger partial charge in [-0.05, 0) is 91.9 Å². The molecule has 2 aromatic carbocycles. The van der Waals surface area contributed by atoms with E-state index >= 15 is 0 Å². The number of thioether (sulfide) groups is 1. The van der Waals surface area contributed by atoms with Gasteiger partial charge < -0.3 is 10.2 Å². The van der Waals surface area contributed by atoms with E-state index in [9.17, 15) is 4.79 Å². The number of anilines is 1. The van der Waals surface area contributed by atoms with Crippen LogP contribution in [0, 0.1) is 13.8 Å². The second-order valence-corrected chi connectivity index (χ2v) is 8.42. The third-order valence-electron chi connectivity index (χ3n) is 5.28. The van der Waals surface area contributed by atoms with Crippen molar-refractivity contribution in [1.82, 2.24) is 5.32 Å². The lowest BCUT2D eigenvalue weighted by Gasteiger charge is -2.28. The lowest BCUT2D eigenvalue weighted by atomic mass is 10.1. The van der Waals surface area contributed by atoms with Crippen LogP contribution in [0.2, 0.25) is 0 Å². The number of rotatable bonds is 3. The highest BCUT2D eigenvalue weighted by Gasteiger charge is 2.23. The number of hydrogen-bond acceptors (Lipinski definition) is 4. The third-order valence-corrected chi connectivity index (χ3v) is 6.19. The number of hydrogen-bond donors (Lipinski definition) is 1. The van der Waals surface area contributed by atoms with Crippen molar-refractivity contribution in [3.8, 4) is 0 Å². The lowest BCUT2D eigenvalue weighted by Crippen LogP contribution is -2.29. The van der Waals surface area contributed by atoms with E-state index in [1.807, 2.05) is 18.2 Å². The molecule has 5 heteroatoms. The molecule has 2 fully saturated rings. The van der Waals surface area contributed by atoms with Gasteiger partial charge in [-0.25, -0.2) is 4.99 Å². The molecule has 0 spiro atoms. The maximum atomic E-state index is 12.3. The van der Waals surface area contributed by atoms with Crippen LogP contribution in [-0.4, -0.2) is 24.2 Å². The van der Waals surface area contributed by atoms with Gasteiger partial charge in [0.25, 0.3) is 5.91 Å². The number of nitrogens with one attached hydrogen (secondary N) is 1. The van der Waals surface area contributed by atoms with Crippen LogP contribution in [0.5, 0.6) is 0 Å². The molecule has 2 heterocycles. The second-order valence-electron chi connectivity index (χ2n) is 7.39. The van der Waals surface area contributed by atoms with Crippen LogP contribution in [0.1, 0.15) is 36.0 Å².